The Bertz CT molecular complexity index is 1280. The number of hydrogen-bond donors (Lipinski definition) is 1. The third kappa shape index (κ3) is 9.69. The number of carbonyl (C=O) groups is 1. The van der Waals surface area contributed by atoms with E-state index in [0.717, 1.165) is 62.3 Å². The van der Waals surface area contributed by atoms with Gasteiger partial charge in [-0.2, -0.15) is 0 Å². The van der Waals surface area contributed by atoms with E-state index < -0.39 is 0 Å². The van der Waals surface area contributed by atoms with Crippen LogP contribution in [0.3, 0.4) is 0 Å². The van der Waals surface area contributed by atoms with E-state index in [1.54, 1.807) is 48.7 Å². The van der Waals surface area contributed by atoms with Crippen molar-refractivity contribution in [1.82, 2.24) is 0 Å². The molecule has 0 radical (unpaired) electrons. The maximum atomic E-state index is 10.8. The molecule has 0 aliphatic rings. The number of aliphatic hydroxyl groups is 1. The maximum absolute atomic E-state index is 10.8. The molecule has 246 valence electrons. The van der Waals surface area contributed by atoms with Gasteiger partial charge in [0, 0.05) is 22.6 Å². The molecule has 44 heavy (non-hydrogen) atoms. The summed E-state index contributed by atoms with van der Waals surface area (Å²) in [4.78, 5) is 10.8. The van der Waals surface area contributed by atoms with Crippen LogP contribution in [0.4, 0.5) is 0 Å². The van der Waals surface area contributed by atoms with Crippen LogP contribution in [-0.2, 0) is 12.5 Å². The largest absolute Gasteiger partial charge is 0.493 e. The molecular formula is C35H51ClO8. The third-order valence-electron chi connectivity index (χ3n) is 7.10. The number of carbonyl (C=O) groups excluding carboxylic acids is 1. The van der Waals surface area contributed by atoms with Crippen LogP contribution < -0.4 is 28.4 Å². The molecule has 0 saturated heterocycles. The minimum Gasteiger partial charge on any atom is -0.493 e. The Morgan fingerprint density at radius 3 is 1.25 bits per heavy atom. The number of aldehydes is 1. The van der Waals surface area contributed by atoms with Gasteiger partial charge in [-0.15, -0.1) is 11.6 Å². The summed E-state index contributed by atoms with van der Waals surface area (Å²) >= 11 is 5.87. The van der Waals surface area contributed by atoms with Crippen LogP contribution in [0.5, 0.6) is 34.5 Å². The first-order valence-corrected chi connectivity index (χ1v) is 14.8. The molecule has 0 heterocycles. The molecule has 0 fully saturated rings. The van der Waals surface area contributed by atoms with Gasteiger partial charge in [-0.25, -0.2) is 0 Å². The maximum Gasteiger partial charge on any atom is 0.164 e. The zero-order chi connectivity index (χ0) is 34.1. The molecule has 9 heteroatoms. The standard InChI is InChI=1S/C11H15ClO2.C11H16O3.C11H14O3.C2H6/c3*1-7-5-10(13-3)11(14-4)8(2)9(7)6-12;1-2/h5H,6H2,1-4H3;5,12H,6H2,1-4H3;5-6H,1-4H3;1-2H3. The first-order chi connectivity index (χ1) is 21.0. The molecule has 0 bridgehead atoms. The van der Waals surface area contributed by atoms with E-state index in [1.165, 1.54) is 0 Å². The number of alkyl halides is 1. The topological polar surface area (TPSA) is 92.7 Å². The van der Waals surface area contributed by atoms with E-state index in [0.29, 0.717) is 34.4 Å². The van der Waals surface area contributed by atoms with Crippen LogP contribution in [0, 0.1) is 41.5 Å². The van der Waals surface area contributed by atoms with Gasteiger partial charge in [0.1, 0.15) is 0 Å². The Morgan fingerprint density at radius 2 is 0.932 bits per heavy atom. The summed E-state index contributed by atoms with van der Waals surface area (Å²) in [6.07, 6.45) is 0.840. The minimum absolute atomic E-state index is 0.0258. The Morgan fingerprint density at radius 1 is 0.591 bits per heavy atom. The van der Waals surface area contributed by atoms with Gasteiger partial charge in [-0.3, -0.25) is 4.79 Å². The summed E-state index contributed by atoms with van der Waals surface area (Å²) < 4.78 is 31.3. The van der Waals surface area contributed by atoms with Crippen molar-refractivity contribution in [1.29, 1.82) is 0 Å². The van der Waals surface area contributed by atoms with Crippen molar-refractivity contribution in [2.75, 3.05) is 42.7 Å². The van der Waals surface area contributed by atoms with Gasteiger partial charge in [0.15, 0.2) is 40.8 Å². The molecular weight excluding hydrogens is 584 g/mol. The van der Waals surface area contributed by atoms with Crippen LogP contribution >= 0.6 is 11.6 Å². The number of aliphatic hydroxyl groups excluding tert-OH is 1. The molecule has 3 aromatic rings. The van der Waals surface area contributed by atoms with Crippen molar-refractivity contribution in [3.05, 3.63) is 68.3 Å². The second kappa shape index (κ2) is 20.4. The summed E-state index contributed by atoms with van der Waals surface area (Å²) in [5.74, 6) is 4.72. The molecule has 0 aliphatic heterocycles. The summed E-state index contributed by atoms with van der Waals surface area (Å²) in [5, 5.41) is 9.19. The average Bonchev–Trinajstić information content (AvgIpc) is 3.02. The Kier molecular flexibility index (Phi) is 18.7. The zero-order valence-electron chi connectivity index (χ0n) is 28.9. The zero-order valence-corrected chi connectivity index (χ0v) is 29.7. The van der Waals surface area contributed by atoms with Gasteiger partial charge < -0.3 is 33.5 Å². The van der Waals surface area contributed by atoms with Gasteiger partial charge >= 0.3 is 0 Å². The summed E-state index contributed by atoms with van der Waals surface area (Å²) in [7, 11) is 9.62. The van der Waals surface area contributed by atoms with Crippen molar-refractivity contribution in [2.45, 2.75) is 67.9 Å². The van der Waals surface area contributed by atoms with E-state index in [2.05, 4.69) is 0 Å². The van der Waals surface area contributed by atoms with E-state index >= 15 is 0 Å². The number of methoxy groups -OCH3 is 6. The van der Waals surface area contributed by atoms with Gasteiger partial charge in [0.05, 0.1) is 49.3 Å². The fourth-order valence-electron chi connectivity index (χ4n) is 4.72. The lowest BCUT2D eigenvalue weighted by molar-refractivity contribution is 0.112. The fraction of sp³-hybridized carbons (Fsp3) is 0.457. The minimum atomic E-state index is 0.0258. The fourth-order valence-corrected chi connectivity index (χ4v) is 5.13. The predicted molar refractivity (Wildman–Crippen MR) is 179 cm³/mol. The molecule has 0 atom stereocenters. The van der Waals surface area contributed by atoms with Gasteiger partial charge in [-0.05, 0) is 93.1 Å². The quantitative estimate of drug-likeness (QED) is 0.187. The normalized spacial score (nSPS) is 9.64. The van der Waals surface area contributed by atoms with E-state index in [9.17, 15) is 9.90 Å². The van der Waals surface area contributed by atoms with Crippen LogP contribution in [0.2, 0.25) is 0 Å². The Labute approximate surface area is 269 Å². The van der Waals surface area contributed by atoms with E-state index in [1.807, 2.05) is 67.5 Å². The molecule has 0 unspecified atom stereocenters. The van der Waals surface area contributed by atoms with Crippen molar-refractivity contribution >= 4 is 17.9 Å². The number of benzene rings is 3. The molecule has 0 aliphatic carbocycles. The number of aryl methyl sites for hydroxylation is 3. The lowest BCUT2D eigenvalue weighted by Gasteiger charge is -2.15. The number of halogens is 1. The highest BCUT2D eigenvalue weighted by Gasteiger charge is 2.15. The van der Waals surface area contributed by atoms with Crippen LogP contribution in [0.15, 0.2) is 18.2 Å². The monoisotopic (exact) mass is 634 g/mol. The van der Waals surface area contributed by atoms with E-state index in [4.69, 9.17) is 40.0 Å². The van der Waals surface area contributed by atoms with Crippen molar-refractivity contribution in [3.8, 4) is 34.5 Å². The third-order valence-corrected chi connectivity index (χ3v) is 7.37. The molecule has 1 N–H and O–H groups in total. The summed E-state index contributed by atoms with van der Waals surface area (Å²) in [6.45, 7) is 15.6. The lowest BCUT2D eigenvalue weighted by atomic mass is 10.0. The average molecular weight is 635 g/mol. The molecule has 0 aromatic heterocycles. The molecule has 3 aromatic carbocycles. The Balaban J connectivity index is 0.000000612. The van der Waals surface area contributed by atoms with Crippen LogP contribution in [-0.4, -0.2) is 54.1 Å². The molecule has 8 nitrogen and oxygen atoms in total. The second-order valence-corrected chi connectivity index (χ2v) is 9.71. The van der Waals surface area contributed by atoms with E-state index in [-0.39, 0.29) is 6.61 Å². The number of ether oxygens (including phenoxy) is 6. The summed E-state index contributed by atoms with van der Waals surface area (Å²) in [5.41, 5.74) is 8.55. The number of rotatable bonds is 9. The van der Waals surface area contributed by atoms with Crippen molar-refractivity contribution in [3.63, 3.8) is 0 Å². The second-order valence-electron chi connectivity index (χ2n) is 9.44. The highest BCUT2D eigenvalue weighted by molar-refractivity contribution is 6.17. The predicted octanol–water partition coefficient (Wildman–Crippen LogP) is 8.03. The highest BCUT2D eigenvalue weighted by atomic mass is 35.5. The highest BCUT2D eigenvalue weighted by Crippen LogP contribution is 2.37. The number of hydrogen-bond acceptors (Lipinski definition) is 8. The SMILES string of the molecule is CC.COc1cc(C)c(C=O)c(C)c1OC.COc1cc(C)c(CCl)c(C)c1OC.COc1cc(C)c(CO)c(C)c1OC. The molecule has 0 spiro atoms. The first-order valence-electron chi connectivity index (χ1n) is 14.2. The molecule has 0 saturated carbocycles. The van der Waals surface area contributed by atoms with Crippen LogP contribution in [0.1, 0.15) is 68.7 Å². The smallest absolute Gasteiger partial charge is 0.164 e. The summed E-state index contributed by atoms with van der Waals surface area (Å²) in [6, 6.07) is 5.62. The Hall–Kier alpha value is -3.62. The van der Waals surface area contributed by atoms with Gasteiger partial charge in [-0.1, -0.05) is 13.8 Å². The lowest BCUT2D eigenvalue weighted by Crippen LogP contribution is -2.00. The van der Waals surface area contributed by atoms with Gasteiger partial charge in [0.25, 0.3) is 0 Å². The molecule has 0 amide bonds. The van der Waals surface area contributed by atoms with Gasteiger partial charge in [0.2, 0.25) is 0 Å². The molecule has 3 rings (SSSR count). The van der Waals surface area contributed by atoms with Crippen molar-refractivity contribution < 1.29 is 38.3 Å². The van der Waals surface area contributed by atoms with Crippen LogP contribution in [0.25, 0.3) is 0 Å². The van der Waals surface area contributed by atoms with Crippen molar-refractivity contribution in [2.24, 2.45) is 0 Å². The first kappa shape index (κ1) is 40.4.